The topological polar surface area (TPSA) is 34.2 Å². The Morgan fingerprint density at radius 1 is 1.54 bits per heavy atom. The Balaban J connectivity index is 2.79. The summed E-state index contributed by atoms with van der Waals surface area (Å²) in [5, 5.41) is 3.53. The lowest BCUT2D eigenvalue weighted by atomic mass is 10.2. The SMILES string of the molecule is CNCCc1ccc(Cl)nc1OC. The molecular weight excluding hydrogens is 188 g/mol. The Kier molecular flexibility index (Phi) is 3.99. The van der Waals surface area contributed by atoms with Crippen molar-refractivity contribution in [3.8, 4) is 5.88 Å². The van der Waals surface area contributed by atoms with Crippen LogP contribution in [0.15, 0.2) is 12.1 Å². The molecule has 0 bridgehead atoms. The maximum absolute atomic E-state index is 5.72. The van der Waals surface area contributed by atoms with E-state index < -0.39 is 0 Å². The Bertz CT molecular complexity index is 278. The van der Waals surface area contributed by atoms with Gasteiger partial charge in [0, 0.05) is 5.56 Å². The predicted octanol–water partition coefficient (Wildman–Crippen LogP) is 1.51. The van der Waals surface area contributed by atoms with Gasteiger partial charge in [0.2, 0.25) is 5.88 Å². The fourth-order valence-electron chi connectivity index (χ4n) is 1.07. The number of likely N-dealkylation sites (N-methyl/N-ethyl adjacent to an activating group) is 1. The van der Waals surface area contributed by atoms with Gasteiger partial charge in [-0.05, 0) is 26.1 Å². The first-order valence-electron chi connectivity index (χ1n) is 4.12. The molecule has 0 saturated carbocycles. The van der Waals surface area contributed by atoms with E-state index >= 15 is 0 Å². The van der Waals surface area contributed by atoms with Gasteiger partial charge in [0.25, 0.3) is 0 Å². The molecule has 1 N–H and O–H groups in total. The molecule has 0 spiro atoms. The number of pyridine rings is 1. The minimum atomic E-state index is 0.463. The quantitative estimate of drug-likeness (QED) is 0.749. The zero-order chi connectivity index (χ0) is 9.68. The van der Waals surface area contributed by atoms with Crippen molar-refractivity contribution >= 4 is 11.6 Å². The summed E-state index contributed by atoms with van der Waals surface area (Å²) in [6, 6.07) is 3.71. The fourth-order valence-corrected chi connectivity index (χ4v) is 1.21. The maximum Gasteiger partial charge on any atom is 0.217 e. The van der Waals surface area contributed by atoms with Gasteiger partial charge in [0.1, 0.15) is 5.15 Å². The molecule has 0 aliphatic rings. The Morgan fingerprint density at radius 3 is 2.92 bits per heavy atom. The fraction of sp³-hybridized carbons (Fsp3) is 0.444. The number of hydrogen-bond donors (Lipinski definition) is 1. The van der Waals surface area contributed by atoms with Crippen molar-refractivity contribution in [1.29, 1.82) is 0 Å². The molecule has 0 amide bonds. The summed E-state index contributed by atoms with van der Waals surface area (Å²) in [5.41, 5.74) is 1.07. The van der Waals surface area contributed by atoms with Gasteiger partial charge in [-0.2, -0.15) is 0 Å². The van der Waals surface area contributed by atoms with E-state index in [-0.39, 0.29) is 0 Å². The summed E-state index contributed by atoms with van der Waals surface area (Å²) in [5.74, 6) is 0.614. The van der Waals surface area contributed by atoms with Crippen LogP contribution in [0.1, 0.15) is 5.56 Å². The second-order valence-electron chi connectivity index (χ2n) is 2.66. The molecule has 72 valence electrons. The third-order valence-electron chi connectivity index (χ3n) is 1.74. The standard InChI is InChI=1S/C9H13ClN2O/c1-11-6-5-7-3-4-8(10)12-9(7)13-2/h3-4,11H,5-6H2,1-2H3. The maximum atomic E-state index is 5.72. The minimum absolute atomic E-state index is 0.463. The van der Waals surface area contributed by atoms with Crippen LogP contribution in [0.4, 0.5) is 0 Å². The van der Waals surface area contributed by atoms with Crippen molar-refractivity contribution in [1.82, 2.24) is 10.3 Å². The van der Waals surface area contributed by atoms with Gasteiger partial charge in [-0.3, -0.25) is 0 Å². The normalized spacial score (nSPS) is 10.1. The third kappa shape index (κ3) is 2.86. The highest BCUT2D eigenvalue weighted by atomic mass is 35.5. The second-order valence-corrected chi connectivity index (χ2v) is 3.04. The third-order valence-corrected chi connectivity index (χ3v) is 1.95. The molecule has 1 aromatic rings. The zero-order valence-electron chi connectivity index (χ0n) is 7.80. The van der Waals surface area contributed by atoms with E-state index in [1.807, 2.05) is 13.1 Å². The van der Waals surface area contributed by atoms with Crippen LogP contribution in [0.5, 0.6) is 5.88 Å². The Hall–Kier alpha value is -0.800. The van der Waals surface area contributed by atoms with Crippen molar-refractivity contribution in [3.63, 3.8) is 0 Å². The van der Waals surface area contributed by atoms with Gasteiger partial charge in [0.05, 0.1) is 7.11 Å². The molecular formula is C9H13ClN2O. The van der Waals surface area contributed by atoms with Crippen LogP contribution in [0.3, 0.4) is 0 Å². The number of rotatable bonds is 4. The van der Waals surface area contributed by atoms with Crippen LogP contribution in [0.2, 0.25) is 5.15 Å². The molecule has 0 saturated heterocycles. The summed E-state index contributed by atoms with van der Waals surface area (Å²) in [6.07, 6.45) is 0.893. The number of ether oxygens (including phenoxy) is 1. The first-order chi connectivity index (χ1) is 6.27. The van der Waals surface area contributed by atoms with Crippen molar-refractivity contribution < 1.29 is 4.74 Å². The number of hydrogen-bond acceptors (Lipinski definition) is 3. The molecule has 0 radical (unpaired) electrons. The lowest BCUT2D eigenvalue weighted by Crippen LogP contribution is -2.11. The number of halogens is 1. The van der Waals surface area contributed by atoms with Crippen LogP contribution in [0.25, 0.3) is 0 Å². The highest BCUT2D eigenvalue weighted by Crippen LogP contribution is 2.18. The van der Waals surface area contributed by atoms with E-state index in [1.165, 1.54) is 0 Å². The molecule has 4 heteroatoms. The average Bonchev–Trinajstić information content (AvgIpc) is 2.16. The van der Waals surface area contributed by atoms with Gasteiger partial charge in [0.15, 0.2) is 0 Å². The van der Waals surface area contributed by atoms with Crippen molar-refractivity contribution in [2.75, 3.05) is 20.7 Å². The number of aromatic nitrogens is 1. The molecule has 1 heterocycles. The molecule has 3 nitrogen and oxygen atoms in total. The van der Waals surface area contributed by atoms with E-state index in [9.17, 15) is 0 Å². The van der Waals surface area contributed by atoms with Crippen molar-refractivity contribution in [3.05, 3.63) is 22.8 Å². The first kappa shape index (κ1) is 10.3. The Labute approximate surface area is 83.1 Å². The lowest BCUT2D eigenvalue weighted by molar-refractivity contribution is 0.392. The van der Waals surface area contributed by atoms with E-state index in [1.54, 1.807) is 13.2 Å². The number of methoxy groups -OCH3 is 1. The molecule has 1 rings (SSSR count). The van der Waals surface area contributed by atoms with E-state index in [4.69, 9.17) is 16.3 Å². The summed E-state index contributed by atoms with van der Waals surface area (Å²) >= 11 is 5.72. The number of nitrogens with zero attached hydrogens (tertiary/aromatic N) is 1. The molecule has 13 heavy (non-hydrogen) atoms. The summed E-state index contributed by atoms with van der Waals surface area (Å²) in [4.78, 5) is 4.06. The van der Waals surface area contributed by atoms with E-state index in [2.05, 4.69) is 10.3 Å². The van der Waals surface area contributed by atoms with Crippen LogP contribution in [-0.4, -0.2) is 25.7 Å². The molecule has 0 aliphatic carbocycles. The zero-order valence-corrected chi connectivity index (χ0v) is 8.56. The van der Waals surface area contributed by atoms with Gasteiger partial charge >= 0.3 is 0 Å². The molecule has 1 aromatic heterocycles. The predicted molar refractivity (Wildman–Crippen MR) is 53.4 cm³/mol. The van der Waals surface area contributed by atoms with Crippen LogP contribution >= 0.6 is 11.6 Å². The first-order valence-corrected chi connectivity index (χ1v) is 4.49. The smallest absolute Gasteiger partial charge is 0.217 e. The van der Waals surface area contributed by atoms with Crippen molar-refractivity contribution in [2.45, 2.75) is 6.42 Å². The molecule has 0 unspecified atom stereocenters. The second kappa shape index (κ2) is 5.04. The van der Waals surface area contributed by atoms with Gasteiger partial charge in [-0.25, -0.2) is 4.98 Å². The molecule has 0 fully saturated rings. The van der Waals surface area contributed by atoms with E-state index in [0.29, 0.717) is 11.0 Å². The largest absolute Gasteiger partial charge is 0.481 e. The monoisotopic (exact) mass is 200 g/mol. The van der Waals surface area contributed by atoms with Crippen molar-refractivity contribution in [2.24, 2.45) is 0 Å². The highest BCUT2D eigenvalue weighted by Gasteiger charge is 2.03. The van der Waals surface area contributed by atoms with E-state index in [0.717, 1.165) is 18.5 Å². The minimum Gasteiger partial charge on any atom is -0.481 e. The van der Waals surface area contributed by atoms with Crippen LogP contribution in [0, 0.1) is 0 Å². The van der Waals surface area contributed by atoms with Gasteiger partial charge in [-0.1, -0.05) is 17.7 Å². The average molecular weight is 201 g/mol. The molecule has 0 aromatic carbocycles. The molecule has 0 atom stereocenters. The highest BCUT2D eigenvalue weighted by molar-refractivity contribution is 6.29. The Morgan fingerprint density at radius 2 is 2.31 bits per heavy atom. The van der Waals surface area contributed by atoms with Gasteiger partial charge in [-0.15, -0.1) is 0 Å². The summed E-state index contributed by atoms with van der Waals surface area (Å²) < 4.78 is 5.10. The van der Waals surface area contributed by atoms with Crippen LogP contribution < -0.4 is 10.1 Å². The summed E-state index contributed by atoms with van der Waals surface area (Å²) in [6.45, 7) is 0.902. The summed E-state index contributed by atoms with van der Waals surface area (Å²) in [7, 11) is 3.51. The van der Waals surface area contributed by atoms with Gasteiger partial charge < -0.3 is 10.1 Å². The lowest BCUT2D eigenvalue weighted by Gasteiger charge is -2.06. The van der Waals surface area contributed by atoms with Crippen LogP contribution in [-0.2, 0) is 6.42 Å². The number of nitrogens with one attached hydrogen (secondary N) is 1. The molecule has 0 aliphatic heterocycles.